The summed E-state index contributed by atoms with van der Waals surface area (Å²) < 4.78 is 37.6. The van der Waals surface area contributed by atoms with E-state index in [1.54, 1.807) is 54.6 Å². The van der Waals surface area contributed by atoms with E-state index in [4.69, 9.17) is 10.00 Å². The number of urea groups is 1. The third-order valence-electron chi connectivity index (χ3n) is 9.07. The maximum Gasteiger partial charge on any atom is 0.322 e. The van der Waals surface area contributed by atoms with Gasteiger partial charge in [-0.1, -0.05) is 31.0 Å². The number of rotatable bonds is 11. The average Bonchev–Trinajstić information content (AvgIpc) is 3.82. The number of likely N-dealkylation sites (tertiary alicyclic amines) is 1. The van der Waals surface area contributed by atoms with E-state index in [9.17, 15) is 19.1 Å². The van der Waals surface area contributed by atoms with Crippen molar-refractivity contribution in [3.63, 3.8) is 0 Å². The number of benzene rings is 3. The topological polar surface area (TPSA) is 147 Å². The van der Waals surface area contributed by atoms with Gasteiger partial charge in [-0.05, 0) is 99.2 Å². The number of carbonyl (C=O) groups is 2. The monoisotopic (exact) mass is 684 g/mol. The smallest absolute Gasteiger partial charge is 0.322 e. The second-order valence-electron chi connectivity index (χ2n) is 13.6. The Hall–Kier alpha value is -4.62. The molecule has 0 aromatic heterocycles. The summed E-state index contributed by atoms with van der Waals surface area (Å²) in [5.74, 6) is -0.752. The van der Waals surface area contributed by atoms with Crippen LogP contribution in [0.15, 0.2) is 66.7 Å². The summed E-state index contributed by atoms with van der Waals surface area (Å²) >= 11 is 0. The molecular formula is C37H41FN6O4S. The van der Waals surface area contributed by atoms with Crippen LogP contribution in [0.5, 0.6) is 0 Å². The van der Waals surface area contributed by atoms with E-state index in [-0.39, 0.29) is 18.7 Å². The Labute approximate surface area is 289 Å². The summed E-state index contributed by atoms with van der Waals surface area (Å²) in [6.07, 6.45) is 3.31. The van der Waals surface area contributed by atoms with Crippen molar-refractivity contribution in [1.29, 1.82) is 10.5 Å². The van der Waals surface area contributed by atoms with Gasteiger partial charge in [-0.25, -0.2) is 18.1 Å². The minimum atomic E-state index is -1.56. The first-order valence-corrected chi connectivity index (χ1v) is 17.4. The van der Waals surface area contributed by atoms with Crippen LogP contribution in [0.4, 0.5) is 20.6 Å². The van der Waals surface area contributed by atoms with Crippen LogP contribution in [0.3, 0.4) is 0 Å². The van der Waals surface area contributed by atoms with Crippen molar-refractivity contribution < 1.29 is 22.9 Å². The highest BCUT2D eigenvalue weighted by atomic mass is 32.2. The van der Waals surface area contributed by atoms with Gasteiger partial charge in [0.25, 0.3) is 0 Å². The van der Waals surface area contributed by atoms with Gasteiger partial charge in [0.15, 0.2) is 0 Å². The van der Waals surface area contributed by atoms with Crippen LogP contribution in [0, 0.1) is 34.4 Å². The van der Waals surface area contributed by atoms with E-state index < -0.39 is 51.2 Å². The van der Waals surface area contributed by atoms with Crippen LogP contribution in [-0.4, -0.2) is 51.6 Å². The summed E-state index contributed by atoms with van der Waals surface area (Å²) in [5, 5.41) is 24.3. The van der Waals surface area contributed by atoms with Crippen molar-refractivity contribution >= 4 is 34.3 Å². The van der Waals surface area contributed by atoms with E-state index in [2.05, 4.69) is 21.4 Å². The molecule has 2 unspecified atom stereocenters. The number of hydrogen-bond acceptors (Lipinski definition) is 6. The van der Waals surface area contributed by atoms with Gasteiger partial charge < -0.3 is 20.3 Å². The SMILES string of the molecule is COC1CC(C(=O)Nc2cc([C@](CCC3CC3)(N[S@](=O)C(C)(C)C)c3cccc(C#N)c3)ccc2F)N(C(=O)Nc2ccc(C#N)cc2)C1. The number of halogens is 1. The van der Waals surface area contributed by atoms with E-state index in [0.717, 1.165) is 19.3 Å². The number of carbonyl (C=O) groups excluding carboxylic acids is 2. The Morgan fingerprint density at radius 3 is 2.31 bits per heavy atom. The molecular weight excluding hydrogens is 644 g/mol. The van der Waals surface area contributed by atoms with Crippen LogP contribution < -0.4 is 15.4 Å². The first-order valence-electron chi connectivity index (χ1n) is 16.3. The van der Waals surface area contributed by atoms with Crippen LogP contribution in [0.25, 0.3) is 0 Å². The summed E-state index contributed by atoms with van der Waals surface area (Å²) in [6.45, 7) is 5.73. The lowest BCUT2D eigenvalue weighted by molar-refractivity contribution is -0.119. The molecule has 1 saturated heterocycles. The number of ether oxygens (including phenoxy) is 1. The number of methoxy groups -OCH3 is 1. The van der Waals surface area contributed by atoms with Crippen LogP contribution in [-0.2, 0) is 26.1 Å². The fourth-order valence-electron chi connectivity index (χ4n) is 5.98. The zero-order valence-electron chi connectivity index (χ0n) is 28.1. The summed E-state index contributed by atoms with van der Waals surface area (Å²) in [7, 11) is -0.0625. The maximum atomic E-state index is 15.6. The Kier molecular flexibility index (Phi) is 10.8. The number of nitriles is 2. The quantitative estimate of drug-likeness (QED) is 0.216. The molecule has 0 radical (unpaired) electrons. The van der Waals surface area contributed by atoms with Gasteiger partial charge in [0.1, 0.15) is 11.9 Å². The van der Waals surface area contributed by atoms with Crippen molar-refractivity contribution in [2.75, 3.05) is 24.3 Å². The molecule has 0 bridgehead atoms. The second kappa shape index (κ2) is 14.9. The molecule has 1 saturated carbocycles. The lowest BCUT2D eigenvalue weighted by Crippen LogP contribution is -2.49. The molecule has 1 aliphatic heterocycles. The van der Waals surface area contributed by atoms with E-state index in [1.807, 2.05) is 32.9 Å². The molecule has 2 fully saturated rings. The Balaban J connectivity index is 1.49. The summed E-state index contributed by atoms with van der Waals surface area (Å²) in [5.41, 5.74) is 1.43. The lowest BCUT2D eigenvalue weighted by Gasteiger charge is -2.38. The fraction of sp³-hybridized carbons (Fsp3) is 0.405. The number of nitrogens with one attached hydrogen (secondary N) is 3. The molecule has 4 atom stereocenters. The van der Waals surface area contributed by atoms with Gasteiger partial charge >= 0.3 is 6.03 Å². The largest absolute Gasteiger partial charge is 0.380 e. The molecule has 3 amide bonds. The van der Waals surface area contributed by atoms with Crippen LogP contribution in [0.2, 0.25) is 0 Å². The molecule has 3 N–H and O–H groups in total. The normalized spacial score (nSPS) is 19.3. The van der Waals surface area contributed by atoms with Crippen molar-refractivity contribution in [2.24, 2.45) is 5.92 Å². The molecule has 2 aliphatic rings. The van der Waals surface area contributed by atoms with Gasteiger partial charge in [-0.3, -0.25) is 4.79 Å². The Morgan fingerprint density at radius 2 is 1.67 bits per heavy atom. The molecule has 3 aromatic carbocycles. The van der Waals surface area contributed by atoms with Gasteiger partial charge in [-0.2, -0.15) is 10.5 Å². The van der Waals surface area contributed by atoms with Gasteiger partial charge in [0, 0.05) is 25.8 Å². The number of hydrogen-bond donors (Lipinski definition) is 3. The lowest BCUT2D eigenvalue weighted by atomic mass is 9.79. The zero-order valence-corrected chi connectivity index (χ0v) is 28.9. The molecule has 49 heavy (non-hydrogen) atoms. The predicted octanol–water partition coefficient (Wildman–Crippen LogP) is 6.31. The maximum absolute atomic E-state index is 15.6. The number of amides is 3. The molecule has 10 nitrogen and oxygen atoms in total. The van der Waals surface area contributed by atoms with Crippen LogP contribution in [0.1, 0.15) is 75.1 Å². The molecule has 3 aromatic rings. The fourth-order valence-corrected chi connectivity index (χ4v) is 6.94. The van der Waals surface area contributed by atoms with Gasteiger partial charge in [0.05, 0.1) is 56.3 Å². The highest BCUT2D eigenvalue weighted by Gasteiger charge is 2.42. The molecule has 1 heterocycles. The molecule has 256 valence electrons. The zero-order chi connectivity index (χ0) is 35.3. The first kappa shape index (κ1) is 35.7. The van der Waals surface area contributed by atoms with Crippen molar-refractivity contribution in [3.05, 3.63) is 94.8 Å². The summed E-state index contributed by atoms with van der Waals surface area (Å²) in [4.78, 5) is 28.5. The average molecular weight is 685 g/mol. The minimum absolute atomic E-state index is 0.0913. The van der Waals surface area contributed by atoms with Crippen molar-refractivity contribution in [1.82, 2.24) is 9.62 Å². The van der Waals surface area contributed by atoms with E-state index >= 15 is 4.39 Å². The van der Waals surface area contributed by atoms with E-state index in [1.165, 1.54) is 18.1 Å². The highest BCUT2D eigenvalue weighted by Crippen LogP contribution is 2.43. The Bertz CT molecular complexity index is 1810. The predicted molar refractivity (Wildman–Crippen MR) is 186 cm³/mol. The molecule has 12 heteroatoms. The number of anilines is 2. The molecule has 5 rings (SSSR count). The third kappa shape index (κ3) is 8.34. The van der Waals surface area contributed by atoms with Crippen LogP contribution >= 0.6 is 0 Å². The standard InChI is InChI=1S/C37H41FN6O4S/c1-36(2,3)49(47)43-37(17-16-24-8-9-24,27-7-5-6-26(18-27)22-40)28-12-15-31(38)32(19-28)42-34(45)33-20-30(48-4)23-44(33)35(46)41-29-13-10-25(21-39)11-14-29/h5-7,10-15,18-19,24,30,33,43H,8-9,16-17,20,23H2,1-4H3,(H,41,46)(H,42,45)/t30?,33?,37-,49-/m1/s1. The molecule has 1 aliphatic carbocycles. The number of nitrogens with zero attached hydrogens (tertiary/aromatic N) is 3. The van der Waals surface area contributed by atoms with E-state index in [0.29, 0.717) is 40.3 Å². The summed E-state index contributed by atoms with van der Waals surface area (Å²) in [6, 6.07) is 20.6. The van der Waals surface area contributed by atoms with Crippen molar-refractivity contribution in [2.45, 2.75) is 75.3 Å². The minimum Gasteiger partial charge on any atom is -0.380 e. The van der Waals surface area contributed by atoms with Gasteiger partial charge in [-0.15, -0.1) is 0 Å². The second-order valence-corrected chi connectivity index (χ2v) is 15.6. The first-order chi connectivity index (χ1) is 23.4. The highest BCUT2D eigenvalue weighted by molar-refractivity contribution is 7.84. The third-order valence-corrected chi connectivity index (χ3v) is 10.7. The molecule has 0 spiro atoms. The van der Waals surface area contributed by atoms with Crippen molar-refractivity contribution in [3.8, 4) is 12.1 Å². The van der Waals surface area contributed by atoms with Gasteiger partial charge in [0.2, 0.25) is 5.91 Å². The Morgan fingerprint density at radius 1 is 0.980 bits per heavy atom.